The van der Waals surface area contributed by atoms with Crippen molar-refractivity contribution in [1.82, 2.24) is 14.7 Å². The number of carbonyl (C=O) groups excluding carboxylic acids is 1. The third-order valence-corrected chi connectivity index (χ3v) is 3.29. The summed E-state index contributed by atoms with van der Waals surface area (Å²) in [7, 11) is 1.20. The quantitative estimate of drug-likeness (QED) is 0.764. The molecular formula is C13H24F3N3O. The number of amides is 1. The van der Waals surface area contributed by atoms with Gasteiger partial charge in [0.2, 0.25) is 5.91 Å². The van der Waals surface area contributed by atoms with E-state index in [9.17, 15) is 18.0 Å². The van der Waals surface area contributed by atoms with Crippen molar-refractivity contribution in [2.24, 2.45) is 5.92 Å². The predicted molar refractivity (Wildman–Crippen MR) is 71.4 cm³/mol. The SMILES string of the molecule is CC(C)CN1CCN(CC(=O)N(C)CC(F)(F)F)CC1. The van der Waals surface area contributed by atoms with Crippen molar-refractivity contribution in [2.75, 3.05) is 52.9 Å². The molecule has 0 aromatic heterocycles. The van der Waals surface area contributed by atoms with Crippen LogP contribution in [-0.2, 0) is 4.79 Å². The summed E-state index contributed by atoms with van der Waals surface area (Å²) in [5, 5.41) is 0. The van der Waals surface area contributed by atoms with Crippen LogP contribution in [0.25, 0.3) is 0 Å². The maximum absolute atomic E-state index is 12.2. The van der Waals surface area contributed by atoms with Crippen molar-refractivity contribution in [3.63, 3.8) is 0 Å². The van der Waals surface area contributed by atoms with Crippen LogP contribution in [0, 0.1) is 5.92 Å². The van der Waals surface area contributed by atoms with Gasteiger partial charge in [-0.15, -0.1) is 0 Å². The smallest absolute Gasteiger partial charge is 0.336 e. The number of likely N-dealkylation sites (N-methyl/N-ethyl adjacent to an activating group) is 1. The van der Waals surface area contributed by atoms with Crippen molar-refractivity contribution >= 4 is 5.91 Å². The molecule has 1 fully saturated rings. The zero-order chi connectivity index (χ0) is 15.3. The van der Waals surface area contributed by atoms with Gasteiger partial charge in [-0.25, -0.2) is 0 Å². The number of hydrogen-bond donors (Lipinski definition) is 0. The Kier molecular flexibility index (Phi) is 6.26. The molecule has 1 heterocycles. The molecule has 0 aromatic rings. The summed E-state index contributed by atoms with van der Waals surface area (Å²) >= 11 is 0. The van der Waals surface area contributed by atoms with Gasteiger partial charge in [-0.05, 0) is 5.92 Å². The lowest BCUT2D eigenvalue weighted by Gasteiger charge is -2.35. The van der Waals surface area contributed by atoms with Crippen LogP contribution < -0.4 is 0 Å². The fourth-order valence-electron chi connectivity index (χ4n) is 2.32. The van der Waals surface area contributed by atoms with Gasteiger partial charge in [-0.3, -0.25) is 9.69 Å². The molecule has 0 atom stereocenters. The third-order valence-electron chi connectivity index (χ3n) is 3.29. The molecular weight excluding hydrogens is 271 g/mol. The molecule has 4 nitrogen and oxygen atoms in total. The molecule has 0 unspecified atom stereocenters. The Morgan fingerprint density at radius 2 is 1.65 bits per heavy atom. The van der Waals surface area contributed by atoms with E-state index >= 15 is 0 Å². The molecule has 0 spiro atoms. The summed E-state index contributed by atoms with van der Waals surface area (Å²) < 4.78 is 36.6. The lowest BCUT2D eigenvalue weighted by atomic mass is 10.2. The Hall–Kier alpha value is -0.820. The molecule has 0 bridgehead atoms. The first-order valence-electron chi connectivity index (χ1n) is 6.93. The van der Waals surface area contributed by atoms with Gasteiger partial charge in [0.1, 0.15) is 6.54 Å². The highest BCUT2D eigenvalue weighted by Gasteiger charge is 2.31. The van der Waals surface area contributed by atoms with Gasteiger partial charge < -0.3 is 9.80 Å². The zero-order valence-corrected chi connectivity index (χ0v) is 12.4. The molecule has 7 heteroatoms. The minimum atomic E-state index is -4.33. The Morgan fingerprint density at radius 3 is 2.10 bits per heavy atom. The van der Waals surface area contributed by atoms with Gasteiger partial charge in [-0.2, -0.15) is 13.2 Å². The van der Waals surface area contributed by atoms with Gasteiger partial charge >= 0.3 is 6.18 Å². The van der Waals surface area contributed by atoms with Crippen LogP contribution in [0.15, 0.2) is 0 Å². The molecule has 1 amide bonds. The van der Waals surface area contributed by atoms with Crippen LogP contribution in [0.3, 0.4) is 0 Å². The summed E-state index contributed by atoms with van der Waals surface area (Å²) in [4.78, 5) is 16.7. The van der Waals surface area contributed by atoms with Gasteiger partial charge in [0.15, 0.2) is 0 Å². The summed E-state index contributed by atoms with van der Waals surface area (Å²) in [5.41, 5.74) is 0. The molecule has 1 aliphatic heterocycles. The molecule has 118 valence electrons. The van der Waals surface area contributed by atoms with Crippen molar-refractivity contribution in [3.8, 4) is 0 Å². The van der Waals surface area contributed by atoms with Crippen molar-refractivity contribution in [1.29, 1.82) is 0 Å². The second kappa shape index (κ2) is 7.26. The standard InChI is InChI=1S/C13H24F3N3O/c1-11(2)8-18-4-6-19(7-5-18)9-12(20)17(3)10-13(14,15)16/h11H,4-10H2,1-3H3. The largest absolute Gasteiger partial charge is 0.406 e. The van der Waals surface area contributed by atoms with Gasteiger partial charge in [0.25, 0.3) is 0 Å². The number of hydrogen-bond acceptors (Lipinski definition) is 3. The Bertz CT molecular complexity index is 312. The number of rotatable bonds is 5. The van der Waals surface area contributed by atoms with Gasteiger partial charge in [0.05, 0.1) is 6.54 Å². The predicted octanol–water partition coefficient (Wildman–Crippen LogP) is 1.28. The number of piperazine rings is 1. The maximum Gasteiger partial charge on any atom is 0.406 e. The number of halogens is 3. The molecule has 20 heavy (non-hydrogen) atoms. The summed E-state index contributed by atoms with van der Waals surface area (Å²) in [6, 6.07) is 0. The minimum absolute atomic E-state index is 0.0715. The second-order valence-corrected chi connectivity index (χ2v) is 5.84. The van der Waals surface area contributed by atoms with Gasteiger partial charge in [-0.1, -0.05) is 13.8 Å². The first kappa shape index (κ1) is 17.2. The lowest BCUT2D eigenvalue weighted by molar-refractivity contribution is -0.159. The topological polar surface area (TPSA) is 26.8 Å². The van der Waals surface area contributed by atoms with Crippen molar-refractivity contribution in [2.45, 2.75) is 20.0 Å². The van der Waals surface area contributed by atoms with E-state index in [2.05, 4.69) is 18.7 Å². The highest BCUT2D eigenvalue weighted by Crippen LogP contribution is 2.15. The highest BCUT2D eigenvalue weighted by atomic mass is 19.4. The van der Waals surface area contributed by atoms with Crippen molar-refractivity contribution in [3.05, 3.63) is 0 Å². The minimum Gasteiger partial charge on any atom is -0.336 e. The lowest BCUT2D eigenvalue weighted by Crippen LogP contribution is -2.50. The van der Waals surface area contributed by atoms with E-state index < -0.39 is 18.6 Å². The van der Waals surface area contributed by atoms with E-state index in [1.807, 2.05) is 4.90 Å². The number of carbonyl (C=O) groups is 1. The molecule has 1 rings (SSSR count). The first-order valence-corrected chi connectivity index (χ1v) is 6.93. The third kappa shape index (κ3) is 6.56. The summed E-state index contributed by atoms with van der Waals surface area (Å²) in [6.45, 7) is 7.43. The van der Waals surface area contributed by atoms with E-state index in [0.29, 0.717) is 5.92 Å². The van der Waals surface area contributed by atoms with Crippen LogP contribution in [0.4, 0.5) is 13.2 Å². The Balaban J connectivity index is 2.31. The maximum atomic E-state index is 12.2. The number of nitrogens with zero attached hydrogens (tertiary/aromatic N) is 3. The van der Waals surface area contributed by atoms with Crippen LogP contribution in [0.5, 0.6) is 0 Å². The average molecular weight is 295 g/mol. The monoisotopic (exact) mass is 295 g/mol. The Morgan fingerprint density at radius 1 is 1.15 bits per heavy atom. The van der Waals surface area contributed by atoms with E-state index in [1.54, 1.807) is 0 Å². The molecule has 0 N–H and O–H groups in total. The van der Waals surface area contributed by atoms with E-state index in [-0.39, 0.29) is 6.54 Å². The van der Waals surface area contributed by atoms with Gasteiger partial charge in [0, 0.05) is 39.8 Å². The van der Waals surface area contributed by atoms with Crippen LogP contribution in [0.2, 0.25) is 0 Å². The fraction of sp³-hybridized carbons (Fsp3) is 0.923. The van der Waals surface area contributed by atoms with Crippen LogP contribution in [-0.4, -0.2) is 79.6 Å². The van der Waals surface area contributed by atoms with E-state index in [4.69, 9.17) is 0 Å². The zero-order valence-electron chi connectivity index (χ0n) is 12.4. The van der Waals surface area contributed by atoms with Crippen molar-refractivity contribution < 1.29 is 18.0 Å². The molecule has 0 aromatic carbocycles. The Labute approximate surface area is 118 Å². The fourth-order valence-corrected chi connectivity index (χ4v) is 2.32. The number of alkyl halides is 3. The molecule has 0 saturated carbocycles. The van der Waals surface area contributed by atoms with Crippen LogP contribution >= 0.6 is 0 Å². The molecule has 1 aliphatic rings. The normalized spacial score (nSPS) is 18.6. The summed E-state index contributed by atoms with van der Waals surface area (Å²) in [5.74, 6) is 0.126. The molecule has 0 aliphatic carbocycles. The average Bonchev–Trinajstić information content (AvgIpc) is 2.28. The van der Waals surface area contributed by atoms with Crippen LogP contribution in [0.1, 0.15) is 13.8 Å². The summed E-state index contributed by atoms with van der Waals surface area (Å²) in [6.07, 6.45) is -4.33. The van der Waals surface area contributed by atoms with E-state index in [1.165, 1.54) is 7.05 Å². The second-order valence-electron chi connectivity index (χ2n) is 5.84. The first-order chi connectivity index (χ1) is 9.17. The highest BCUT2D eigenvalue weighted by molar-refractivity contribution is 5.78. The molecule has 1 saturated heterocycles. The molecule has 0 radical (unpaired) electrons. The van der Waals surface area contributed by atoms with E-state index in [0.717, 1.165) is 37.6 Å².